The Morgan fingerprint density at radius 2 is 1.33 bits per heavy atom. The second kappa shape index (κ2) is 4.67. The van der Waals surface area contributed by atoms with Gasteiger partial charge in [-0.2, -0.15) is 0 Å². The molecule has 0 radical (unpaired) electrons. The molecular formula is C13H9N5. The first-order valence-electron chi connectivity index (χ1n) is 5.45. The predicted octanol–water partition coefficient (Wildman–Crippen LogP) is 2.00. The van der Waals surface area contributed by atoms with Crippen LogP contribution in [0.2, 0.25) is 0 Å². The molecule has 3 rings (SSSR count). The van der Waals surface area contributed by atoms with Crippen molar-refractivity contribution in [2.45, 2.75) is 0 Å². The largest absolute Gasteiger partial charge is 0.255 e. The lowest BCUT2D eigenvalue weighted by Crippen LogP contribution is -1.96. The van der Waals surface area contributed by atoms with Crippen molar-refractivity contribution >= 4 is 0 Å². The first-order chi connectivity index (χ1) is 8.93. The van der Waals surface area contributed by atoms with Gasteiger partial charge in [0.2, 0.25) is 0 Å². The van der Waals surface area contributed by atoms with Crippen molar-refractivity contribution in [2.24, 2.45) is 0 Å². The van der Waals surface area contributed by atoms with Crippen molar-refractivity contribution in [1.82, 2.24) is 24.9 Å². The van der Waals surface area contributed by atoms with Crippen molar-refractivity contribution in [3.8, 4) is 23.0 Å². The van der Waals surface area contributed by atoms with Gasteiger partial charge in [-0.3, -0.25) is 4.98 Å². The van der Waals surface area contributed by atoms with Crippen LogP contribution in [-0.2, 0) is 0 Å². The van der Waals surface area contributed by atoms with E-state index in [1.807, 2.05) is 24.3 Å². The van der Waals surface area contributed by atoms with Crippen molar-refractivity contribution in [2.75, 3.05) is 0 Å². The SMILES string of the molecule is c1ccc(-c2ccnc(-c3ncccn3)n2)nc1. The molecule has 0 saturated heterocycles. The van der Waals surface area contributed by atoms with E-state index in [2.05, 4.69) is 24.9 Å². The predicted molar refractivity (Wildman–Crippen MR) is 66.3 cm³/mol. The number of hydrogen-bond donors (Lipinski definition) is 0. The first kappa shape index (κ1) is 10.5. The minimum atomic E-state index is 0.499. The van der Waals surface area contributed by atoms with E-state index in [1.54, 1.807) is 30.9 Å². The van der Waals surface area contributed by atoms with E-state index in [0.717, 1.165) is 11.4 Å². The van der Waals surface area contributed by atoms with Gasteiger partial charge < -0.3 is 0 Å². The van der Waals surface area contributed by atoms with Crippen molar-refractivity contribution in [1.29, 1.82) is 0 Å². The zero-order valence-electron chi connectivity index (χ0n) is 9.43. The molecule has 86 valence electrons. The highest BCUT2D eigenvalue weighted by Gasteiger charge is 2.06. The molecule has 0 bridgehead atoms. The van der Waals surface area contributed by atoms with Gasteiger partial charge in [0.1, 0.15) is 0 Å². The number of pyridine rings is 1. The molecule has 3 aromatic heterocycles. The molecule has 18 heavy (non-hydrogen) atoms. The van der Waals surface area contributed by atoms with Gasteiger partial charge in [0, 0.05) is 24.8 Å². The molecule has 0 aliphatic rings. The molecule has 0 amide bonds. The summed E-state index contributed by atoms with van der Waals surface area (Å²) in [6.45, 7) is 0. The van der Waals surface area contributed by atoms with Gasteiger partial charge in [-0.1, -0.05) is 6.07 Å². The minimum Gasteiger partial charge on any atom is -0.255 e. The lowest BCUT2D eigenvalue weighted by molar-refractivity contribution is 1.08. The molecule has 5 heteroatoms. The van der Waals surface area contributed by atoms with Crippen LogP contribution in [0.15, 0.2) is 55.1 Å². The Bertz CT molecular complexity index is 585. The fourth-order valence-corrected chi connectivity index (χ4v) is 1.54. The summed E-state index contributed by atoms with van der Waals surface area (Å²) in [6.07, 6.45) is 6.75. The Kier molecular flexibility index (Phi) is 2.71. The Balaban J connectivity index is 2.05. The third-order valence-corrected chi connectivity index (χ3v) is 2.35. The molecule has 5 nitrogen and oxygen atoms in total. The van der Waals surface area contributed by atoms with Gasteiger partial charge in [0.25, 0.3) is 0 Å². The first-order valence-corrected chi connectivity index (χ1v) is 5.45. The molecule has 0 spiro atoms. The van der Waals surface area contributed by atoms with E-state index in [9.17, 15) is 0 Å². The van der Waals surface area contributed by atoms with Crippen LogP contribution in [0.5, 0.6) is 0 Å². The molecule has 0 aromatic carbocycles. The van der Waals surface area contributed by atoms with Gasteiger partial charge >= 0.3 is 0 Å². The average molecular weight is 235 g/mol. The normalized spacial score (nSPS) is 10.2. The molecule has 3 heterocycles. The molecule has 0 atom stereocenters. The van der Waals surface area contributed by atoms with Gasteiger partial charge in [-0.15, -0.1) is 0 Å². The Morgan fingerprint density at radius 1 is 0.556 bits per heavy atom. The second-order valence-corrected chi connectivity index (χ2v) is 3.55. The molecular weight excluding hydrogens is 226 g/mol. The van der Waals surface area contributed by atoms with Gasteiger partial charge in [-0.25, -0.2) is 19.9 Å². The lowest BCUT2D eigenvalue weighted by atomic mass is 10.2. The summed E-state index contributed by atoms with van der Waals surface area (Å²) < 4.78 is 0. The highest BCUT2D eigenvalue weighted by Crippen LogP contribution is 2.15. The van der Waals surface area contributed by atoms with E-state index in [-0.39, 0.29) is 0 Å². The van der Waals surface area contributed by atoms with E-state index >= 15 is 0 Å². The van der Waals surface area contributed by atoms with Crippen LogP contribution in [-0.4, -0.2) is 24.9 Å². The Labute approximate surface area is 104 Å². The Morgan fingerprint density at radius 3 is 2.11 bits per heavy atom. The molecule has 0 unspecified atom stereocenters. The lowest BCUT2D eigenvalue weighted by Gasteiger charge is -2.01. The van der Waals surface area contributed by atoms with Crippen LogP contribution in [0, 0.1) is 0 Å². The summed E-state index contributed by atoms with van der Waals surface area (Å²) >= 11 is 0. The van der Waals surface area contributed by atoms with E-state index in [1.165, 1.54) is 0 Å². The van der Waals surface area contributed by atoms with Crippen LogP contribution in [0.3, 0.4) is 0 Å². The van der Waals surface area contributed by atoms with Crippen molar-refractivity contribution in [3.63, 3.8) is 0 Å². The number of rotatable bonds is 2. The minimum absolute atomic E-state index is 0.499. The number of hydrogen-bond acceptors (Lipinski definition) is 5. The fraction of sp³-hybridized carbons (Fsp3) is 0. The van der Waals surface area contributed by atoms with E-state index in [4.69, 9.17) is 0 Å². The smallest absolute Gasteiger partial charge is 0.198 e. The molecule has 0 fully saturated rings. The second-order valence-electron chi connectivity index (χ2n) is 3.55. The van der Waals surface area contributed by atoms with Gasteiger partial charge in [0.05, 0.1) is 11.4 Å². The van der Waals surface area contributed by atoms with E-state index in [0.29, 0.717) is 11.6 Å². The standard InChI is InChI=1S/C13H9N5/c1-2-6-14-10(4-1)11-5-9-17-13(18-11)12-15-7-3-8-16-12/h1-9H. The molecule has 0 saturated carbocycles. The Hall–Kier alpha value is -2.69. The van der Waals surface area contributed by atoms with Crippen LogP contribution in [0.4, 0.5) is 0 Å². The number of aromatic nitrogens is 5. The topological polar surface area (TPSA) is 64.5 Å². The van der Waals surface area contributed by atoms with Crippen molar-refractivity contribution < 1.29 is 0 Å². The van der Waals surface area contributed by atoms with Crippen LogP contribution in [0.1, 0.15) is 0 Å². The van der Waals surface area contributed by atoms with Crippen LogP contribution >= 0.6 is 0 Å². The summed E-state index contributed by atoms with van der Waals surface area (Å²) in [7, 11) is 0. The maximum absolute atomic E-state index is 4.41. The summed E-state index contributed by atoms with van der Waals surface area (Å²) in [5.74, 6) is 1.01. The van der Waals surface area contributed by atoms with Gasteiger partial charge in [-0.05, 0) is 24.3 Å². The fourth-order valence-electron chi connectivity index (χ4n) is 1.54. The summed E-state index contributed by atoms with van der Waals surface area (Å²) in [5, 5.41) is 0. The molecule has 0 aliphatic heterocycles. The van der Waals surface area contributed by atoms with E-state index < -0.39 is 0 Å². The highest BCUT2D eigenvalue weighted by atomic mass is 15.0. The molecule has 3 aromatic rings. The third kappa shape index (κ3) is 2.06. The maximum Gasteiger partial charge on any atom is 0.198 e. The van der Waals surface area contributed by atoms with Crippen LogP contribution in [0.25, 0.3) is 23.0 Å². The quantitative estimate of drug-likeness (QED) is 0.679. The zero-order chi connectivity index (χ0) is 12.2. The summed E-state index contributed by atoms with van der Waals surface area (Å²) in [6, 6.07) is 9.26. The molecule has 0 N–H and O–H groups in total. The number of nitrogens with zero attached hydrogens (tertiary/aromatic N) is 5. The summed E-state index contributed by atoms with van der Waals surface area (Å²) in [5.41, 5.74) is 1.56. The average Bonchev–Trinajstić information content (AvgIpc) is 2.49. The van der Waals surface area contributed by atoms with Crippen LogP contribution < -0.4 is 0 Å². The monoisotopic (exact) mass is 235 g/mol. The molecule has 0 aliphatic carbocycles. The highest BCUT2D eigenvalue weighted by molar-refractivity contribution is 5.56. The third-order valence-electron chi connectivity index (χ3n) is 2.35. The zero-order valence-corrected chi connectivity index (χ0v) is 9.43. The maximum atomic E-state index is 4.41. The van der Waals surface area contributed by atoms with Crippen molar-refractivity contribution in [3.05, 3.63) is 55.1 Å². The van der Waals surface area contributed by atoms with Gasteiger partial charge in [0.15, 0.2) is 11.6 Å². The summed E-state index contributed by atoms with van der Waals surface area (Å²) in [4.78, 5) is 21.1.